The summed E-state index contributed by atoms with van der Waals surface area (Å²) in [7, 11) is 0. The van der Waals surface area contributed by atoms with Crippen molar-refractivity contribution in [1.29, 1.82) is 0 Å². The first-order valence-corrected chi connectivity index (χ1v) is 9.20. The number of hydrogen-bond donors (Lipinski definition) is 4. The molecule has 9 heteroatoms. The van der Waals surface area contributed by atoms with E-state index in [1.807, 2.05) is 18.2 Å². The van der Waals surface area contributed by atoms with Crippen molar-refractivity contribution in [2.24, 2.45) is 0 Å². The summed E-state index contributed by atoms with van der Waals surface area (Å²) in [6.07, 6.45) is -0.167. The van der Waals surface area contributed by atoms with Crippen LogP contribution in [0.25, 0.3) is 0 Å². The first-order chi connectivity index (χ1) is 14.0. The second-order valence-electron chi connectivity index (χ2n) is 6.44. The Bertz CT molecular complexity index is 1150. The summed E-state index contributed by atoms with van der Waals surface area (Å²) < 4.78 is 0. The number of para-hydroxylation sites is 2. The molecule has 8 nitrogen and oxygen atoms in total. The number of benzene rings is 2. The second kappa shape index (κ2) is 7.76. The fraction of sp³-hybridized carbons (Fsp3) is 0.100. The van der Waals surface area contributed by atoms with Gasteiger partial charge in [0, 0.05) is 12.1 Å². The van der Waals surface area contributed by atoms with E-state index in [0.717, 1.165) is 0 Å². The highest BCUT2D eigenvalue weighted by Crippen LogP contribution is 2.31. The third-order valence-corrected chi connectivity index (χ3v) is 4.77. The topological polar surface area (TPSA) is 116 Å². The van der Waals surface area contributed by atoms with E-state index in [2.05, 4.69) is 25.9 Å². The number of carbonyl (C=O) groups excluding carboxylic acids is 2. The van der Waals surface area contributed by atoms with Gasteiger partial charge in [-0.2, -0.15) is 4.98 Å². The van der Waals surface area contributed by atoms with Crippen molar-refractivity contribution in [2.45, 2.75) is 12.3 Å². The molecular formula is C20H16ClN5O3. The van der Waals surface area contributed by atoms with Crippen LogP contribution in [-0.4, -0.2) is 21.8 Å². The maximum Gasteiger partial charge on any atom is 0.258 e. The molecule has 3 aromatic rings. The number of rotatable bonds is 4. The smallest absolute Gasteiger partial charge is 0.258 e. The minimum absolute atomic E-state index is 0.0581. The van der Waals surface area contributed by atoms with Crippen LogP contribution in [-0.2, 0) is 9.59 Å². The van der Waals surface area contributed by atoms with Gasteiger partial charge in [-0.3, -0.25) is 19.4 Å². The van der Waals surface area contributed by atoms with Crippen LogP contribution in [0.15, 0.2) is 59.4 Å². The lowest BCUT2D eigenvalue weighted by Gasteiger charge is -2.23. The molecule has 0 bridgehead atoms. The van der Waals surface area contributed by atoms with E-state index in [9.17, 15) is 14.4 Å². The van der Waals surface area contributed by atoms with Gasteiger partial charge in [0.1, 0.15) is 5.82 Å². The number of carbonyl (C=O) groups is 2. The third-order valence-electron chi connectivity index (χ3n) is 4.44. The molecular weight excluding hydrogens is 394 g/mol. The number of anilines is 4. The molecule has 1 atom stereocenters. The standard InChI is InChI=1S/C20H16ClN5O3/c21-13-8-4-5-9-14(13)23-18(28)12-10-15(27)24-17-16(12)19(29)26-20(25-17)22-11-6-2-1-3-7-11/h1-9,12H,10H2,(H,23,28)(H3,22,24,25,26,27,29)/t12-/m1/s1. The molecule has 1 aromatic heterocycles. The van der Waals surface area contributed by atoms with E-state index in [4.69, 9.17) is 11.6 Å². The number of H-pyrrole nitrogens is 1. The van der Waals surface area contributed by atoms with Crippen molar-refractivity contribution in [2.75, 3.05) is 16.0 Å². The summed E-state index contributed by atoms with van der Waals surface area (Å²) in [5.74, 6) is -1.68. The number of aromatic nitrogens is 2. The minimum Gasteiger partial charge on any atom is -0.326 e. The molecule has 0 spiro atoms. The first-order valence-electron chi connectivity index (χ1n) is 8.83. The molecule has 1 aliphatic rings. The highest BCUT2D eigenvalue weighted by atomic mass is 35.5. The SMILES string of the molecule is O=C1C[C@@H](C(=O)Nc2ccccc2Cl)c2c(nc(Nc3ccccc3)[nH]c2=O)N1. The molecule has 29 heavy (non-hydrogen) atoms. The largest absolute Gasteiger partial charge is 0.326 e. The van der Waals surface area contributed by atoms with Gasteiger partial charge in [0.05, 0.1) is 22.2 Å². The first kappa shape index (κ1) is 18.7. The van der Waals surface area contributed by atoms with Gasteiger partial charge in [-0.1, -0.05) is 41.9 Å². The summed E-state index contributed by atoms with van der Waals surface area (Å²) in [5.41, 5.74) is 0.713. The van der Waals surface area contributed by atoms with Crippen molar-refractivity contribution in [1.82, 2.24) is 9.97 Å². The Balaban J connectivity index is 1.66. The predicted octanol–water partition coefficient (Wildman–Crippen LogP) is 3.23. The Morgan fingerprint density at radius 3 is 2.55 bits per heavy atom. The van der Waals surface area contributed by atoms with Crippen molar-refractivity contribution in [3.05, 3.63) is 75.5 Å². The molecule has 146 valence electrons. The van der Waals surface area contributed by atoms with E-state index in [0.29, 0.717) is 16.4 Å². The zero-order valence-corrected chi connectivity index (χ0v) is 15.8. The van der Waals surface area contributed by atoms with Crippen molar-refractivity contribution < 1.29 is 9.59 Å². The summed E-state index contributed by atoms with van der Waals surface area (Å²) in [4.78, 5) is 44.6. The average Bonchev–Trinajstić information content (AvgIpc) is 2.69. The Morgan fingerprint density at radius 2 is 1.79 bits per heavy atom. The lowest BCUT2D eigenvalue weighted by Crippen LogP contribution is -2.36. The summed E-state index contributed by atoms with van der Waals surface area (Å²) in [6, 6.07) is 15.8. The fourth-order valence-corrected chi connectivity index (χ4v) is 3.28. The molecule has 2 aromatic carbocycles. The number of nitrogens with zero attached hydrogens (tertiary/aromatic N) is 1. The van der Waals surface area contributed by atoms with Crippen LogP contribution >= 0.6 is 11.6 Å². The monoisotopic (exact) mass is 409 g/mol. The normalized spacial score (nSPS) is 15.2. The van der Waals surface area contributed by atoms with E-state index in [-0.39, 0.29) is 23.8 Å². The van der Waals surface area contributed by atoms with Crippen LogP contribution in [0.5, 0.6) is 0 Å². The number of aromatic amines is 1. The summed E-state index contributed by atoms with van der Waals surface area (Å²) in [5, 5.41) is 8.57. The predicted molar refractivity (Wildman–Crippen MR) is 111 cm³/mol. The lowest BCUT2D eigenvalue weighted by atomic mass is 9.92. The van der Waals surface area contributed by atoms with Gasteiger partial charge < -0.3 is 16.0 Å². The summed E-state index contributed by atoms with van der Waals surface area (Å²) in [6.45, 7) is 0. The zero-order valence-electron chi connectivity index (χ0n) is 15.0. The second-order valence-corrected chi connectivity index (χ2v) is 6.85. The molecule has 4 N–H and O–H groups in total. The van der Waals surface area contributed by atoms with Crippen LogP contribution in [0.2, 0.25) is 5.02 Å². The van der Waals surface area contributed by atoms with E-state index in [1.165, 1.54) is 0 Å². The Labute approximate surface area is 170 Å². The third kappa shape index (κ3) is 3.97. The van der Waals surface area contributed by atoms with Gasteiger partial charge >= 0.3 is 0 Å². The number of hydrogen-bond acceptors (Lipinski definition) is 5. The minimum atomic E-state index is -0.989. The van der Waals surface area contributed by atoms with Crippen LogP contribution in [0, 0.1) is 0 Å². The fourth-order valence-electron chi connectivity index (χ4n) is 3.10. The van der Waals surface area contributed by atoms with Gasteiger partial charge in [-0.15, -0.1) is 0 Å². The molecule has 0 aliphatic carbocycles. The molecule has 2 heterocycles. The maximum atomic E-state index is 12.8. The highest BCUT2D eigenvalue weighted by Gasteiger charge is 2.35. The van der Waals surface area contributed by atoms with Crippen LogP contribution in [0.4, 0.5) is 23.1 Å². The molecule has 0 unspecified atom stereocenters. The summed E-state index contributed by atoms with van der Waals surface area (Å²) >= 11 is 6.08. The molecule has 1 aliphatic heterocycles. The lowest BCUT2D eigenvalue weighted by molar-refractivity contribution is -0.123. The average molecular weight is 410 g/mol. The van der Waals surface area contributed by atoms with Crippen LogP contribution in [0.1, 0.15) is 17.9 Å². The van der Waals surface area contributed by atoms with Gasteiger partial charge in [-0.05, 0) is 24.3 Å². The zero-order chi connectivity index (χ0) is 20.4. The number of fused-ring (bicyclic) bond motifs is 1. The molecule has 0 saturated carbocycles. The molecule has 2 amide bonds. The van der Waals surface area contributed by atoms with Crippen molar-refractivity contribution in [3.8, 4) is 0 Å². The maximum absolute atomic E-state index is 12.8. The quantitative estimate of drug-likeness (QED) is 0.528. The highest BCUT2D eigenvalue weighted by molar-refractivity contribution is 6.33. The molecule has 0 saturated heterocycles. The number of nitrogens with one attached hydrogen (secondary N) is 4. The van der Waals surface area contributed by atoms with Gasteiger partial charge in [-0.25, -0.2) is 0 Å². The number of amides is 2. The van der Waals surface area contributed by atoms with Crippen LogP contribution in [0.3, 0.4) is 0 Å². The van der Waals surface area contributed by atoms with Gasteiger partial charge in [0.25, 0.3) is 5.56 Å². The van der Waals surface area contributed by atoms with E-state index in [1.54, 1.807) is 36.4 Å². The molecule has 4 rings (SSSR count). The van der Waals surface area contributed by atoms with E-state index >= 15 is 0 Å². The Hall–Kier alpha value is -3.65. The van der Waals surface area contributed by atoms with Crippen molar-refractivity contribution >= 4 is 46.6 Å². The van der Waals surface area contributed by atoms with Gasteiger partial charge in [0.15, 0.2) is 0 Å². The number of halogens is 1. The van der Waals surface area contributed by atoms with Gasteiger partial charge in [0.2, 0.25) is 17.8 Å². The Kier molecular flexibility index (Phi) is 5.01. The molecule has 0 fully saturated rings. The van der Waals surface area contributed by atoms with E-state index < -0.39 is 23.3 Å². The molecule has 0 radical (unpaired) electrons. The van der Waals surface area contributed by atoms with Crippen molar-refractivity contribution in [3.63, 3.8) is 0 Å². The van der Waals surface area contributed by atoms with Crippen LogP contribution < -0.4 is 21.5 Å². The Morgan fingerprint density at radius 1 is 1.07 bits per heavy atom.